The molecule has 0 bridgehead atoms. The first-order valence-corrected chi connectivity index (χ1v) is 9.09. The number of hydrogen-bond donors (Lipinski definition) is 0. The van der Waals surface area contributed by atoms with Gasteiger partial charge in [-0.15, -0.1) is 0 Å². The van der Waals surface area contributed by atoms with Crippen LogP contribution in [0.1, 0.15) is 12.5 Å². The lowest BCUT2D eigenvalue weighted by Gasteiger charge is -2.07. The SMILES string of the molecule is CCOC(=O)/C(C#N)=C/c1cn(-c2ccc3ccccc3c2)c2ccccc12. The van der Waals surface area contributed by atoms with E-state index in [1.807, 2.05) is 48.7 Å². The number of nitriles is 1. The second kappa shape index (κ2) is 7.42. The van der Waals surface area contributed by atoms with Crippen molar-refractivity contribution in [2.45, 2.75) is 6.92 Å². The first kappa shape index (κ1) is 17.6. The van der Waals surface area contributed by atoms with Gasteiger partial charge in [0.2, 0.25) is 0 Å². The summed E-state index contributed by atoms with van der Waals surface area (Å²) in [5, 5.41) is 12.7. The van der Waals surface area contributed by atoms with E-state index in [4.69, 9.17) is 4.74 Å². The zero-order chi connectivity index (χ0) is 19.5. The van der Waals surface area contributed by atoms with E-state index in [1.165, 1.54) is 5.39 Å². The number of rotatable bonds is 4. The van der Waals surface area contributed by atoms with Gasteiger partial charge >= 0.3 is 5.97 Å². The number of carbonyl (C=O) groups excluding carboxylic acids is 1. The maximum absolute atomic E-state index is 12.0. The molecule has 1 heterocycles. The second-order valence-electron chi connectivity index (χ2n) is 6.39. The number of para-hydroxylation sites is 1. The monoisotopic (exact) mass is 366 g/mol. The van der Waals surface area contributed by atoms with Gasteiger partial charge in [0.05, 0.1) is 12.1 Å². The maximum atomic E-state index is 12.0. The Morgan fingerprint density at radius 1 is 1.07 bits per heavy atom. The van der Waals surface area contributed by atoms with Crippen LogP contribution >= 0.6 is 0 Å². The van der Waals surface area contributed by atoms with Crippen LogP contribution in [0.15, 0.2) is 78.5 Å². The molecule has 4 heteroatoms. The molecule has 0 radical (unpaired) electrons. The standard InChI is InChI=1S/C24H18N2O2/c1-2-28-24(27)19(15-25)13-20-16-26(23-10-6-5-9-22(20)23)21-12-11-17-7-3-4-8-18(17)14-21/h3-14,16H,2H2,1H3/b19-13+. The van der Waals surface area contributed by atoms with Crippen molar-refractivity contribution in [3.8, 4) is 11.8 Å². The first-order chi connectivity index (χ1) is 13.7. The number of esters is 1. The van der Waals surface area contributed by atoms with Crippen molar-refractivity contribution < 1.29 is 9.53 Å². The number of fused-ring (bicyclic) bond motifs is 2. The third-order valence-electron chi connectivity index (χ3n) is 4.67. The fourth-order valence-electron chi connectivity index (χ4n) is 3.36. The topological polar surface area (TPSA) is 55.0 Å². The van der Waals surface area contributed by atoms with Gasteiger partial charge in [-0.2, -0.15) is 5.26 Å². The molecule has 136 valence electrons. The molecule has 1 aromatic heterocycles. The molecule has 0 atom stereocenters. The normalized spacial score (nSPS) is 11.5. The zero-order valence-electron chi connectivity index (χ0n) is 15.4. The van der Waals surface area contributed by atoms with Crippen LogP contribution in [0, 0.1) is 11.3 Å². The highest BCUT2D eigenvalue weighted by molar-refractivity contribution is 6.01. The summed E-state index contributed by atoms with van der Waals surface area (Å²) in [5.74, 6) is -0.604. The highest BCUT2D eigenvalue weighted by Crippen LogP contribution is 2.28. The lowest BCUT2D eigenvalue weighted by Crippen LogP contribution is -2.05. The minimum absolute atomic E-state index is 0.0109. The van der Waals surface area contributed by atoms with Crippen molar-refractivity contribution in [2.24, 2.45) is 0 Å². The third-order valence-corrected chi connectivity index (χ3v) is 4.67. The molecule has 0 saturated heterocycles. The highest BCUT2D eigenvalue weighted by atomic mass is 16.5. The number of nitrogens with zero attached hydrogens (tertiary/aromatic N) is 2. The van der Waals surface area contributed by atoms with Crippen molar-refractivity contribution in [2.75, 3.05) is 6.61 Å². The first-order valence-electron chi connectivity index (χ1n) is 9.09. The number of carbonyl (C=O) groups is 1. The molecule has 0 aliphatic carbocycles. The molecular weight excluding hydrogens is 348 g/mol. The molecule has 4 aromatic rings. The Bertz CT molecular complexity index is 1260. The molecular formula is C24H18N2O2. The fraction of sp³-hybridized carbons (Fsp3) is 0.0833. The van der Waals surface area contributed by atoms with E-state index in [2.05, 4.69) is 34.9 Å². The molecule has 0 aliphatic rings. The molecule has 0 N–H and O–H groups in total. The van der Waals surface area contributed by atoms with Crippen LogP contribution in [0.25, 0.3) is 33.4 Å². The fourth-order valence-corrected chi connectivity index (χ4v) is 3.36. The molecule has 28 heavy (non-hydrogen) atoms. The van der Waals surface area contributed by atoms with Crippen LogP contribution in [0.5, 0.6) is 0 Å². The van der Waals surface area contributed by atoms with E-state index in [1.54, 1.807) is 13.0 Å². The van der Waals surface area contributed by atoms with E-state index >= 15 is 0 Å². The van der Waals surface area contributed by atoms with Crippen LogP contribution in [-0.2, 0) is 9.53 Å². The van der Waals surface area contributed by atoms with Gasteiger partial charge in [0.15, 0.2) is 0 Å². The van der Waals surface area contributed by atoms with Crippen LogP contribution in [0.3, 0.4) is 0 Å². The Morgan fingerprint density at radius 2 is 1.82 bits per heavy atom. The van der Waals surface area contributed by atoms with Gasteiger partial charge in [-0.05, 0) is 42.0 Å². The van der Waals surface area contributed by atoms with Gasteiger partial charge in [-0.25, -0.2) is 4.79 Å². The zero-order valence-corrected chi connectivity index (χ0v) is 15.4. The summed E-state index contributed by atoms with van der Waals surface area (Å²) < 4.78 is 7.06. The average Bonchev–Trinajstić information content (AvgIpc) is 3.10. The summed E-state index contributed by atoms with van der Waals surface area (Å²) >= 11 is 0. The minimum Gasteiger partial charge on any atom is -0.462 e. The Morgan fingerprint density at radius 3 is 2.61 bits per heavy atom. The van der Waals surface area contributed by atoms with Crippen LogP contribution in [0.2, 0.25) is 0 Å². The third kappa shape index (κ3) is 3.15. The number of benzene rings is 3. The van der Waals surface area contributed by atoms with Gasteiger partial charge in [0.25, 0.3) is 0 Å². The summed E-state index contributed by atoms with van der Waals surface area (Å²) in [6.07, 6.45) is 3.54. The van der Waals surface area contributed by atoms with E-state index in [0.29, 0.717) is 0 Å². The molecule has 0 aliphatic heterocycles. The molecule has 0 spiro atoms. The van der Waals surface area contributed by atoms with Crippen LogP contribution < -0.4 is 0 Å². The van der Waals surface area contributed by atoms with Gasteiger partial charge in [0.1, 0.15) is 11.6 Å². The van der Waals surface area contributed by atoms with Crippen molar-refractivity contribution >= 4 is 33.7 Å². The molecule has 0 saturated carbocycles. The van der Waals surface area contributed by atoms with Gasteiger partial charge in [-0.1, -0.05) is 48.5 Å². The summed E-state index contributed by atoms with van der Waals surface area (Å²) in [6.45, 7) is 1.95. The molecule has 3 aromatic carbocycles. The van der Waals surface area contributed by atoms with Crippen LogP contribution in [0.4, 0.5) is 0 Å². The number of ether oxygens (including phenoxy) is 1. The van der Waals surface area contributed by atoms with Crippen molar-refractivity contribution in [3.63, 3.8) is 0 Å². The predicted octanol–water partition coefficient (Wildman–Crippen LogP) is 5.25. The highest BCUT2D eigenvalue weighted by Gasteiger charge is 2.14. The molecule has 4 nitrogen and oxygen atoms in total. The maximum Gasteiger partial charge on any atom is 0.348 e. The Labute approximate surface area is 162 Å². The van der Waals surface area contributed by atoms with E-state index in [-0.39, 0.29) is 12.2 Å². The van der Waals surface area contributed by atoms with Gasteiger partial charge in [0, 0.05) is 22.8 Å². The minimum atomic E-state index is -0.604. The number of aromatic nitrogens is 1. The molecule has 0 fully saturated rings. The van der Waals surface area contributed by atoms with Gasteiger partial charge in [-0.3, -0.25) is 0 Å². The predicted molar refractivity (Wildman–Crippen MR) is 111 cm³/mol. The molecule has 4 rings (SSSR count). The molecule has 0 amide bonds. The van der Waals surface area contributed by atoms with Crippen LogP contribution in [-0.4, -0.2) is 17.1 Å². The largest absolute Gasteiger partial charge is 0.462 e. The Kier molecular flexibility index (Phi) is 4.65. The van der Waals surface area contributed by atoms with E-state index in [9.17, 15) is 10.1 Å². The second-order valence-corrected chi connectivity index (χ2v) is 6.39. The smallest absolute Gasteiger partial charge is 0.348 e. The number of hydrogen-bond acceptors (Lipinski definition) is 3. The van der Waals surface area contributed by atoms with Crippen molar-refractivity contribution in [3.05, 3.63) is 84.1 Å². The molecule has 0 unspecified atom stereocenters. The Balaban J connectivity index is 1.89. The lowest BCUT2D eigenvalue weighted by atomic mass is 10.1. The average molecular weight is 366 g/mol. The summed E-state index contributed by atoms with van der Waals surface area (Å²) in [5.41, 5.74) is 2.81. The van der Waals surface area contributed by atoms with E-state index < -0.39 is 5.97 Å². The lowest BCUT2D eigenvalue weighted by molar-refractivity contribution is -0.137. The van der Waals surface area contributed by atoms with Crippen molar-refractivity contribution in [1.29, 1.82) is 5.26 Å². The summed E-state index contributed by atoms with van der Waals surface area (Å²) in [6, 6.07) is 24.4. The summed E-state index contributed by atoms with van der Waals surface area (Å²) in [4.78, 5) is 12.0. The van der Waals surface area contributed by atoms with Crippen molar-refractivity contribution in [1.82, 2.24) is 4.57 Å². The summed E-state index contributed by atoms with van der Waals surface area (Å²) in [7, 11) is 0. The quantitative estimate of drug-likeness (QED) is 0.281. The van der Waals surface area contributed by atoms with E-state index in [0.717, 1.165) is 27.5 Å². The Hall–Kier alpha value is -3.84. The van der Waals surface area contributed by atoms with Gasteiger partial charge < -0.3 is 9.30 Å².